The standard InChI is InChI=1S/C17H17FO/c18-14-8-3-7-13(11-14)17(19)16-10-4-6-12-5-1-2-9-15(12)16/h1-3,5,7-9,11,16-17,19H,4,6,10H2. The largest absolute Gasteiger partial charge is 0.388 e. The minimum atomic E-state index is -0.628. The molecule has 3 rings (SSSR count). The number of aryl methyl sites for hydroxylation is 1. The predicted molar refractivity (Wildman–Crippen MR) is 73.5 cm³/mol. The molecular weight excluding hydrogens is 239 g/mol. The lowest BCUT2D eigenvalue weighted by Crippen LogP contribution is -2.17. The second-order valence-electron chi connectivity index (χ2n) is 5.20. The molecule has 2 heteroatoms. The van der Waals surface area contributed by atoms with Crippen molar-refractivity contribution in [2.45, 2.75) is 31.3 Å². The molecule has 0 aromatic heterocycles. The van der Waals surface area contributed by atoms with Gasteiger partial charge in [-0.05, 0) is 48.1 Å². The molecule has 0 radical (unpaired) electrons. The van der Waals surface area contributed by atoms with Gasteiger partial charge >= 0.3 is 0 Å². The molecule has 0 spiro atoms. The molecule has 2 aromatic carbocycles. The fourth-order valence-electron chi connectivity index (χ4n) is 3.04. The number of halogens is 1. The van der Waals surface area contributed by atoms with Crippen LogP contribution >= 0.6 is 0 Å². The molecule has 0 heterocycles. The predicted octanol–water partition coefficient (Wildman–Crippen LogP) is 3.98. The molecule has 2 unspecified atom stereocenters. The van der Waals surface area contributed by atoms with Crippen molar-refractivity contribution >= 4 is 0 Å². The smallest absolute Gasteiger partial charge is 0.123 e. The van der Waals surface area contributed by atoms with E-state index in [4.69, 9.17) is 0 Å². The first-order valence-corrected chi connectivity index (χ1v) is 6.77. The van der Waals surface area contributed by atoms with E-state index in [1.165, 1.54) is 23.3 Å². The quantitative estimate of drug-likeness (QED) is 0.861. The highest BCUT2D eigenvalue weighted by Crippen LogP contribution is 2.40. The summed E-state index contributed by atoms with van der Waals surface area (Å²) >= 11 is 0. The van der Waals surface area contributed by atoms with E-state index in [0.29, 0.717) is 5.56 Å². The molecule has 0 bridgehead atoms. The van der Waals surface area contributed by atoms with Crippen LogP contribution in [0.15, 0.2) is 48.5 Å². The average Bonchev–Trinajstić information content (AvgIpc) is 2.46. The Morgan fingerprint density at radius 2 is 1.95 bits per heavy atom. The van der Waals surface area contributed by atoms with Gasteiger partial charge in [-0.15, -0.1) is 0 Å². The summed E-state index contributed by atoms with van der Waals surface area (Å²) in [4.78, 5) is 0. The van der Waals surface area contributed by atoms with Gasteiger partial charge in [0.1, 0.15) is 5.82 Å². The van der Waals surface area contributed by atoms with Crippen LogP contribution in [0.25, 0.3) is 0 Å². The van der Waals surface area contributed by atoms with Gasteiger partial charge in [0.15, 0.2) is 0 Å². The van der Waals surface area contributed by atoms with E-state index in [1.54, 1.807) is 12.1 Å². The normalized spacial score (nSPS) is 19.8. The zero-order chi connectivity index (χ0) is 13.2. The van der Waals surface area contributed by atoms with Crippen molar-refractivity contribution in [2.24, 2.45) is 0 Å². The molecule has 2 aromatic rings. The highest BCUT2D eigenvalue weighted by atomic mass is 19.1. The van der Waals surface area contributed by atoms with Crippen LogP contribution in [0.2, 0.25) is 0 Å². The topological polar surface area (TPSA) is 20.2 Å². The van der Waals surface area contributed by atoms with Crippen molar-refractivity contribution in [3.63, 3.8) is 0 Å². The maximum Gasteiger partial charge on any atom is 0.123 e. The van der Waals surface area contributed by atoms with Gasteiger partial charge in [0.05, 0.1) is 6.10 Å². The molecule has 0 amide bonds. The van der Waals surface area contributed by atoms with Crippen molar-refractivity contribution in [2.75, 3.05) is 0 Å². The zero-order valence-electron chi connectivity index (χ0n) is 10.7. The number of fused-ring (bicyclic) bond motifs is 1. The van der Waals surface area contributed by atoms with Crippen LogP contribution in [-0.4, -0.2) is 5.11 Å². The lowest BCUT2D eigenvalue weighted by Gasteiger charge is -2.29. The molecule has 0 saturated carbocycles. The minimum absolute atomic E-state index is 0.0757. The van der Waals surface area contributed by atoms with E-state index in [0.717, 1.165) is 19.3 Å². The molecule has 1 aliphatic rings. The summed E-state index contributed by atoms with van der Waals surface area (Å²) in [5.41, 5.74) is 3.20. The maximum absolute atomic E-state index is 13.3. The van der Waals surface area contributed by atoms with Gasteiger partial charge in [-0.2, -0.15) is 0 Å². The monoisotopic (exact) mass is 256 g/mol. The first-order valence-electron chi connectivity index (χ1n) is 6.77. The van der Waals surface area contributed by atoms with Crippen LogP contribution in [0.1, 0.15) is 41.6 Å². The minimum Gasteiger partial charge on any atom is -0.388 e. The molecule has 0 fully saturated rings. The van der Waals surface area contributed by atoms with E-state index >= 15 is 0 Å². The van der Waals surface area contributed by atoms with Gasteiger partial charge in [0.25, 0.3) is 0 Å². The molecular formula is C17H17FO. The van der Waals surface area contributed by atoms with Crippen LogP contribution in [0.4, 0.5) is 4.39 Å². The Morgan fingerprint density at radius 3 is 2.79 bits per heavy atom. The molecule has 1 nitrogen and oxygen atoms in total. The maximum atomic E-state index is 13.3. The Morgan fingerprint density at radius 1 is 1.11 bits per heavy atom. The Hall–Kier alpha value is -1.67. The van der Waals surface area contributed by atoms with Gasteiger partial charge in [-0.3, -0.25) is 0 Å². The third kappa shape index (κ3) is 2.41. The van der Waals surface area contributed by atoms with E-state index < -0.39 is 6.10 Å². The summed E-state index contributed by atoms with van der Waals surface area (Å²) in [5, 5.41) is 10.5. The first kappa shape index (κ1) is 12.4. The lowest BCUT2D eigenvalue weighted by molar-refractivity contribution is 0.135. The van der Waals surface area contributed by atoms with Gasteiger partial charge < -0.3 is 5.11 Å². The fourth-order valence-corrected chi connectivity index (χ4v) is 3.04. The highest BCUT2D eigenvalue weighted by molar-refractivity contribution is 5.35. The van der Waals surface area contributed by atoms with E-state index in [1.807, 2.05) is 12.1 Å². The van der Waals surface area contributed by atoms with E-state index in [2.05, 4.69) is 12.1 Å². The number of hydrogen-bond donors (Lipinski definition) is 1. The summed E-state index contributed by atoms with van der Waals surface area (Å²) in [6, 6.07) is 14.5. The van der Waals surface area contributed by atoms with Crippen LogP contribution < -0.4 is 0 Å². The number of benzene rings is 2. The SMILES string of the molecule is OC(c1cccc(F)c1)C1CCCc2ccccc21. The molecule has 1 aliphatic carbocycles. The van der Waals surface area contributed by atoms with Crippen LogP contribution in [-0.2, 0) is 6.42 Å². The van der Waals surface area contributed by atoms with Gasteiger partial charge in [0.2, 0.25) is 0 Å². The second kappa shape index (κ2) is 5.14. The summed E-state index contributed by atoms with van der Waals surface area (Å²) < 4.78 is 13.3. The fraction of sp³-hybridized carbons (Fsp3) is 0.294. The van der Waals surface area contributed by atoms with E-state index in [9.17, 15) is 9.50 Å². The Kier molecular flexibility index (Phi) is 3.34. The Labute approximate surface area is 112 Å². The van der Waals surface area contributed by atoms with E-state index in [-0.39, 0.29) is 11.7 Å². The second-order valence-corrected chi connectivity index (χ2v) is 5.20. The summed E-state index contributed by atoms with van der Waals surface area (Å²) in [7, 11) is 0. The zero-order valence-corrected chi connectivity index (χ0v) is 10.7. The van der Waals surface area contributed by atoms with Gasteiger partial charge in [0, 0.05) is 5.92 Å². The molecule has 19 heavy (non-hydrogen) atoms. The van der Waals surface area contributed by atoms with Gasteiger partial charge in [-0.25, -0.2) is 4.39 Å². The lowest BCUT2D eigenvalue weighted by atomic mass is 9.78. The number of hydrogen-bond acceptors (Lipinski definition) is 1. The average molecular weight is 256 g/mol. The van der Waals surface area contributed by atoms with Crippen molar-refractivity contribution in [3.05, 3.63) is 71.0 Å². The van der Waals surface area contributed by atoms with Crippen LogP contribution in [0.5, 0.6) is 0 Å². The van der Waals surface area contributed by atoms with Crippen molar-refractivity contribution in [1.29, 1.82) is 0 Å². The molecule has 0 saturated heterocycles. The van der Waals surface area contributed by atoms with Crippen molar-refractivity contribution in [3.8, 4) is 0 Å². The number of aliphatic hydroxyl groups is 1. The molecule has 0 aliphatic heterocycles. The molecule has 1 N–H and O–H groups in total. The Balaban J connectivity index is 1.95. The van der Waals surface area contributed by atoms with Gasteiger partial charge in [-0.1, -0.05) is 36.4 Å². The highest BCUT2D eigenvalue weighted by Gasteiger charge is 2.27. The molecule has 98 valence electrons. The third-order valence-electron chi connectivity index (χ3n) is 3.99. The third-order valence-corrected chi connectivity index (χ3v) is 3.99. The summed E-state index contributed by atoms with van der Waals surface area (Å²) in [6.45, 7) is 0. The van der Waals surface area contributed by atoms with Crippen molar-refractivity contribution in [1.82, 2.24) is 0 Å². The number of rotatable bonds is 2. The summed E-state index contributed by atoms with van der Waals surface area (Å²) in [6.07, 6.45) is 2.47. The van der Waals surface area contributed by atoms with Crippen LogP contribution in [0, 0.1) is 5.82 Å². The molecule has 2 atom stereocenters. The first-order chi connectivity index (χ1) is 9.25. The summed E-state index contributed by atoms with van der Waals surface area (Å²) in [5.74, 6) is -0.215. The van der Waals surface area contributed by atoms with Crippen LogP contribution in [0.3, 0.4) is 0 Å². The number of aliphatic hydroxyl groups excluding tert-OH is 1. The van der Waals surface area contributed by atoms with Crippen molar-refractivity contribution < 1.29 is 9.50 Å². The Bertz CT molecular complexity index is 579.